The number of pyridine rings is 1. The molecular weight excluding hydrogens is 318 g/mol. The minimum atomic E-state index is -0.999. The summed E-state index contributed by atoms with van der Waals surface area (Å²) in [6, 6.07) is 7.90. The number of aryl methyl sites for hydroxylation is 2. The first-order chi connectivity index (χ1) is 12.1. The third-order valence-electron chi connectivity index (χ3n) is 4.28. The quantitative estimate of drug-likeness (QED) is 0.572. The maximum atomic E-state index is 10.6. The van der Waals surface area contributed by atoms with Gasteiger partial charge in [-0.1, -0.05) is 31.5 Å². The maximum absolute atomic E-state index is 10.6. The normalized spacial score (nSPS) is 11.2. The molecule has 3 aromatic rings. The van der Waals surface area contributed by atoms with Crippen molar-refractivity contribution in [2.24, 2.45) is 0 Å². The van der Waals surface area contributed by atoms with Crippen LogP contribution in [0.4, 0.5) is 10.6 Å². The van der Waals surface area contributed by atoms with E-state index >= 15 is 0 Å². The maximum Gasteiger partial charge on any atom is 0.404 e. The van der Waals surface area contributed by atoms with Gasteiger partial charge in [-0.25, -0.2) is 14.8 Å². The highest BCUT2D eigenvalue weighted by molar-refractivity contribution is 6.06. The molecule has 132 valence electrons. The zero-order valence-electron chi connectivity index (χ0n) is 14.3. The van der Waals surface area contributed by atoms with Gasteiger partial charge in [0.05, 0.1) is 11.0 Å². The summed E-state index contributed by atoms with van der Waals surface area (Å²) < 4.78 is 2.18. The molecule has 0 spiro atoms. The Kier molecular flexibility index (Phi) is 5.02. The number of hydrogen-bond donors (Lipinski definition) is 3. The molecule has 0 bridgehead atoms. The summed E-state index contributed by atoms with van der Waals surface area (Å²) in [7, 11) is 0. The summed E-state index contributed by atoms with van der Waals surface area (Å²) >= 11 is 0. The minimum absolute atomic E-state index is 0.403. The number of aromatic nitrogens is 3. The highest BCUT2D eigenvalue weighted by atomic mass is 16.4. The number of imidazole rings is 1. The smallest absolute Gasteiger partial charge is 0.404 e. The Balaban J connectivity index is 2.07. The Morgan fingerprint density at radius 1 is 1.28 bits per heavy atom. The highest BCUT2D eigenvalue weighted by Crippen LogP contribution is 2.29. The van der Waals surface area contributed by atoms with E-state index < -0.39 is 6.09 Å². The van der Waals surface area contributed by atoms with Crippen LogP contribution in [0, 0.1) is 0 Å². The number of benzene rings is 1. The number of rotatable bonds is 7. The van der Waals surface area contributed by atoms with Gasteiger partial charge in [-0.2, -0.15) is 0 Å². The Morgan fingerprint density at radius 3 is 2.84 bits per heavy atom. The monoisotopic (exact) mass is 341 g/mol. The molecule has 25 heavy (non-hydrogen) atoms. The van der Waals surface area contributed by atoms with E-state index in [4.69, 9.17) is 15.8 Å². The number of anilines is 1. The molecule has 0 atom stereocenters. The summed E-state index contributed by atoms with van der Waals surface area (Å²) in [6.45, 7) is 3.24. The van der Waals surface area contributed by atoms with Gasteiger partial charge in [0.2, 0.25) is 0 Å². The van der Waals surface area contributed by atoms with E-state index in [1.54, 1.807) is 0 Å². The largest absolute Gasteiger partial charge is 0.465 e. The van der Waals surface area contributed by atoms with Crippen LogP contribution in [-0.2, 0) is 13.0 Å². The Labute approximate surface area is 145 Å². The average Bonchev–Trinajstić information content (AvgIpc) is 2.96. The van der Waals surface area contributed by atoms with Crippen LogP contribution in [0.2, 0.25) is 0 Å². The number of unbranched alkanes of at least 4 members (excludes halogenated alkanes) is 1. The van der Waals surface area contributed by atoms with Crippen LogP contribution in [0.1, 0.15) is 32.0 Å². The van der Waals surface area contributed by atoms with E-state index in [9.17, 15) is 4.79 Å². The second-order valence-electron chi connectivity index (χ2n) is 6.08. The Bertz CT molecular complexity index is 903. The molecule has 0 aliphatic carbocycles. The number of hydrogen-bond acceptors (Lipinski definition) is 4. The molecule has 1 aromatic carbocycles. The summed E-state index contributed by atoms with van der Waals surface area (Å²) in [5.74, 6) is 1.42. The van der Waals surface area contributed by atoms with Crippen LogP contribution in [0.5, 0.6) is 0 Å². The topological polar surface area (TPSA) is 106 Å². The molecule has 0 fully saturated rings. The first-order valence-corrected chi connectivity index (χ1v) is 8.62. The summed E-state index contributed by atoms with van der Waals surface area (Å²) in [6.07, 6.45) is 2.68. The lowest BCUT2D eigenvalue weighted by Gasteiger charge is -2.11. The molecule has 2 aromatic heterocycles. The zero-order valence-corrected chi connectivity index (χ0v) is 14.3. The van der Waals surface area contributed by atoms with E-state index in [1.807, 2.05) is 24.3 Å². The predicted octanol–water partition coefficient (Wildman–Crippen LogP) is 3.17. The fraction of sp³-hybridized carbons (Fsp3) is 0.389. The number of fused-ring (bicyclic) bond motifs is 3. The van der Waals surface area contributed by atoms with Crippen molar-refractivity contribution in [3.8, 4) is 0 Å². The van der Waals surface area contributed by atoms with Gasteiger partial charge in [0.25, 0.3) is 0 Å². The van der Waals surface area contributed by atoms with E-state index in [1.165, 1.54) is 0 Å². The summed E-state index contributed by atoms with van der Waals surface area (Å²) in [5, 5.41) is 12.2. The molecule has 3 rings (SSSR count). The predicted molar refractivity (Wildman–Crippen MR) is 98.7 cm³/mol. The van der Waals surface area contributed by atoms with Crippen molar-refractivity contribution in [3.63, 3.8) is 0 Å². The van der Waals surface area contributed by atoms with Crippen LogP contribution in [0.25, 0.3) is 21.9 Å². The molecule has 0 saturated carbocycles. The fourth-order valence-electron chi connectivity index (χ4n) is 3.10. The van der Waals surface area contributed by atoms with Crippen molar-refractivity contribution in [3.05, 3.63) is 30.1 Å². The van der Waals surface area contributed by atoms with E-state index in [2.05, 4.69) is 21.8 Å². The van der Waals surface area contributed by atoms with Crippen molar-refractivity contribution in [2.45, 2.75) is 39.2 Å². The summed E-state index contributed by atoms with van der Waals surface area (Å²) in [4.78, 5) is 19.9. The molecule has 1 amide bonds. The molecule has 0 radical (unpaired) electrons. The van der Waals surface area contributed by atoms with E-state index in [-0.39, 0.29) is 0 Å². The van der Waals surface area contributed by atoms with Gasteiger partial charge < -0.3 is 20.7 Å². The van der Waals surface area contributed by atoms with Crippen molar-refractivity contribution >= 4 is 33.8 Å². The third-order valence-corrected chi connectivity index (χ3v) is 4.28. The van der Waals surface area contributed by atoms with Crippen LogP contribution in [0.15, 0.2) is 24.3 Å². The Morgan fingerprint density at radius 2 is 2.08 bits per heavy atom. The minimum Gasteiger partial charge on any atom is -0.465 e. The molecule has 0 saturated heterocycles. The van der Waals surface area contributed by atoms with E-state index in [0.717, 1.165) is 47.0 Å². The van der Waals surface area contributed by atoms with Gasteiger partial charge in [-0.15, -0.1) is 0 Å². The van der Waals surface area contributed by atoms with Gasteiger partial charge in [0.15, 0.2) is 5.82 Å². The average molecular weight is 341 g/mol. The number of nitrogens with one attached hydrogen (secondary N) is 1. The van der Waals surface area contributed by atoms with Crippen molar-refractivity contribution in [1.29, 1.82) is 0 Å². The number of para-hydroxylation sites is 1. The molecule has 0 unspecified atom stereocenters. The van der Waals surface area contributed by atoms with Gasteiger partial charge in [0, 0.05) is 24.9 Å². The molecular formula is C18H23N5O2. The lowest BCUT2D eigenvalue weighted by atomic mass is 10.2. The van der Waals surface area contributed by atoms with Gasteiger partial charge in [-0.3, -0.25) is 0 Å². The number of nitrogens with two attached hydrogens (primary N) is 1. The fourth-order valence-corrected chi connectivity index (χ4v) is 3.10. The summed E-state index contributed by atoms with van der Waals surface area (Å²) in [5.41, 5.74) is 8.72. The van der Waals surface area contributed by atoms with Crippen molar-refractivity contribution < 1.29 is 9.90 Å². The van der Waals surface area contributed by atoms with Crippen LogP contribution in [0.3, 0.4) is 0 Å². The van der Waals surface area contributed by atoms with E-state index in [0.29, 0.717) is 25.3 Å². The number of carbonyl (C=O) groups is 1. The lowest BCUT2D eigenvalue weighted by molar-refractivity contribution is 0.194. The van der Waals surface area contributed by atoms with Crippen molar-refractivity contribution in [1.82, 2.24) is 19.9 Å². The standard InChI is InChI=1S/C18H23N5O2/c1-2-3-9-14-22-15-16(23(14)11-6-10-20-18(24)25)12-7-4-5-8-13(12)21-17(15)19/h4-5,7-8,20H,2-3,6,9-11H2,1H3,(H2,19,21)(H,24,25). The van der Waals surface area contributed by atoms with Crippen LogP contribution < -0.4 is 11.1 Å². The zero-order chi connectivity index (χ0) is 17.8. The molecule has 0 aliphatic heterocycles. The van der Waals surface area contributed by atoms with Crippen molar-refractivity contribution in [2.75, 3.05) is 12.3 Å². The third kappa shape index (κ3) is 3.50. The first kappa shape index (κ1) is 17.0. The van der Waals surface area contributed by atoms with Crippen LogP contribution >= 0.6 is 0 Å². The van der Waals surface area contributed by atoms with Gasteiger partial charge >= 0.3 is 6.09 Å². The second-order valence-corrected chi connectivity index (χ2v) is 6.08. The van der Waals surface area contributed by atoms with Gasteiger partial charge in [0.1, 0.15) is 11.3 Å². The molecule has 0 aliphatic rings. The molecule has 4 N–H and O–H groups in total. The highest BCUT2D eigenvalue weighted by Gasteiger charge is 2.16. The number of nitrogen functional groups attached to an aromatic ring is 1. The SMILES string of the molecule is CCCCc1nc2c(N)nc3ccccc3c2n1CCCNC(=O)O. The van der Waals surface area contributed by atoms with Crippen LogP contribution in [-0.4, -0.2) is 32.3 Å². The number of carboxylic acid groups (broad SMARTS) is 1. The molecule has 7 nitrogen and oxygen atoms in total. The number of nitrogens with zero attached hydrogens (tertiary/aromatic N) is 3. The second kappa shape index (κ2) is 7.38. The molecule has 2 heterocycles. The number of amides is 1. The van der Waals surface area contributed by atoms with Gasteiger partial charge in [-0.05, 0) is 18.9 Å². The first-order valence-electron chi connectivity index (χ1n) is 8.62. The lowest BCUT2D eigenvalue weighted by Crippen LogP contribution is -2.23. The molecule has 7 heteroatoms. The Hall–Kier alpha value is -2.83.